The highest BCUT2D eigenvalue weighted by molar-refractivity contribution is 7.99. The van der Waals surface area contributed by atoms with Crippen molar-refractivity contribution in [2.45, 2.75) is 18.7 Å². The molecule has 3 aromatic carbocycles. The molecule has 0 spiro atoms. The summed E-state index contributed by atoms with van der Waals surface area (Å²) >= 11 is 1.71. The maximum absolute atomic E-state index is 12.7. The lowest BCUT2D eigenvalue weighted by Gasteiger charge is -2.39. The van der Waals surface area contributed by atoms with Gasteiger partial charge in [0.1, 0.15) is 0 Å². The summed E-state index contributed by atoms with van der Waals surface area (Å²) in [6, 6.07) is 30.2. The lowest BCUT2D eigenvalue weighted by molar-refractivity contribution is -0.130. The second-order valence-electron chi connectivity index (χ2n) is 8.12. The Hall–Kier alpha value is -2.56. The normalized spacial score (nSPS) is 14.7. The highest BCUT2D eigenvalue weighted by Gasteiger charge is 2.27. The molecule has 4 rings (SSSR count). The number of nitrogens with zero attached hydrogens (tertiary/aromatic N) is 2. The zero-order chi connectivity index (χ0) is 21.5. The van der Waals surface area contributed by atoms with Gasteiger partial charge in [-0.3, -0.25) is 9.69 Å². The summed E-state index contributed by atoms with van der Waals surface area (Å²) in [4.78, 5) is 17.3. The van der Waals surface area contributed by atoms with Gasteiger partial charge in [0.05, 0.1) is 11.8 Å². The molecule has 0 bridgehead atoms. The largest absolute Gasteiger partial charge is 0.339 e. The zero-order valence-corrected chi connectivity index (χ0v) is 18.9. The number of aryl methyl sites for hydroxylation is 1. The molecular weight excluding hydrogens is 400 g/mol. The molecule has 0 aliphatic carbocycles. The Balaban J connectivity index is 1.33. The summed E-state index contributed by atoms with van der Waals surface area (Å²) < 4.78 is 0. The van der Waals surface area contributed by atoms with Crippen LogP contribution in [0, 0.1) is 6.92 Å². The van der Waals surface area contributed by atoms with Crippen molar-refractivity contribution in [3.05, 3.63) is 107 Å². The number of amides is 1. The first-order chi connectivity index (χ1) is 15.2. The van der Waals surface area contributed by atoms with Crippen molar-refractivity contribution in [1.82, 2.24) is 9.80 Å². The van der Waals surface area contributed by atoms with Crippen LogP contribution in [-0.4, -0.2) is 47.6 Å². The van der Waals surface area contributed by atoms with Crippen molar-refractivity contribution >= 4 is 17.7 Å². The number of carbonyl (C=O) groups excluding carboxylic acids is 1. The van der Waals surface area contributed by atoms with E-state index in [1.807, 2.05) is 4.90 Å². The number of piperazine rings is 1. The van der Waals surface area contributed by atoms with Crippen LogP contribution in [0.1, 0.15) is 28.3 Å². The van der Waals surface area contributed by atoms with Crippen molar-refractivity contribution in [2.24, 2.45) is 0 Å². The first kappa shape index (κ1) is 21.7. The molecule has 160 valence electrons. The molecule has 4 heteroatoms. The van der Waals surface area contributed by atoms with Crippen LogP contribution in [0.2, 0.25) is 0 Å². The number of thioether (sulfide) groups is 1. The van der Waals surface area contributed by atoms with E-state index in [1.165, 1.54) is 22.3 Å². The highest BCUT2D eigenvalue weighted by atomic mass is 32.2. The van der Waals surface area contributed by atoms with E-state index in [4.69, 9.17) is 0 Å². The van der Waals surface area contributed by atoms with E-state index in [1.54, 1.807) is 11.8 Å². The molecule has 0 radical (unpaired) electrons. The van der Waals surface area contributed by atoms with Crippen molar-refractivity contribution in [1.29, 1.82) is 0 Å². The first-order valence-corrected chi connectivity index (χ1v) is 12.1. The molecule has 3 nitrogen and oxygen atoms in total. The number of hydrogen-bond acceptors (Lipinski definition) is 3. The predicted molar refractivity (Wildman–Crippen MR) is 130 cm³/mol. The second-order valence-corrected chi connectivity index (χ2v) is 9.10. The van der Waals surface area contributed by atoms with E-state index < -0.39 is 0 Å². The molecule has 1 saturated heterocycles. The standard InChI is InChI=1S/C27H30N2OS/c1-22-12-14-23(15-13-22)20-31-21-26(30)28-16-18-29(19-17-28)27(24-8-4-2-5-9-24)25-10-6-3-7-11-25/h2-15,27H,16-21H2,1H3. The molecule has 0 aromatic heterocycles. The van der Waals surface area contributed by atoms with Crippen LogP contribution < -0.4 is 0 Å². The average molecular weight is 431 g/mol. The summed E-state index contributed by atoms with van der Waals surface area (Å²) in [6.07, 6.45) is 0. The molecule has 0 saturated carbocycles. The van der Waals surface area contributed by atoms with Crippen LogP contribution in [0.25, 0.3) is 0 Å². The van der Waals surface area contributed by atoms with Crippen LogP contribution in [0.15, 0.2) is 84.9 Å². The molecule has 31 heavy (non-hydrogen) atoms. The van der Waals surface area contributed by atoms with E-state index in [-0.39, 0.29) is 11.9 Å². The Bertz CT molecular complexity index is 912. The monoisotopic (exact) mass is 430 g/mol. The second kappa shape index (κ2) is 10.7. The summed E-state index contributed by atoms with van der Waals surface area (Å²) in [5.74, 6) is 1.69. The van der Waals surface area contributed by atoms with Crippen molar-refractivity contribution in [2.75, 3.05) is 31.9 Å². The lowest BCUT2D eigenvalue weighted by atomic mass is 9.96. The molecule has 3 aromatic rings. The average Bonchev–Trinajstić information content (AvgIpc) is 2.82. The fourth-order valence-corrected chi connectivity index (χ4v) is 5.03. The van der Waals surface area contributed by atoms with Crippen LogP contribution in [0.5, 0.6) is 0 Å². The Morgan fingerprint density at radius 2 is 1.35 bits per heavy atom. The van der Waals surface area contributed by atoms with E-state index in [0.717, 1.165) is 31.9 Å². The zero-order valence-electron chi connectivity index (χ0n) is 18.1. The van der Waals surface area contributed by atoms with Crippen LogP contribution >= 0.6 is 11.8 Å². The minimum Gasteiger partial charge on any atom is -0.339 e. The Morgan fingerprint density at radius 3 is 1.90 bits per heavy atom. The van der Waals surface area contributed by atoms with Gasteiger partial charge in [-0.1, -0.05) is 90.5 Å². The number of hydrogen-bond donors (Lipinski definition) is 0. The number of rotatable bonds is 7. The summed E-state index contributed by atoms with van der Waals surface area (Å²) in [5, 5.41) is 0. The van der Waals surface area contributed by atoms with E-state index in [9.17, 15) is 4.79 Å². The van der Waals surface area contributed by atoms with Gasteiger partial charge in [0.2, 0.25) is 5.91 Å². The Labute approximate surface area is 190 Å². The molecule has 1 heterocycles. The maximum atomic E-state index is 12.7. The van der Waals surface area contributed by atoms with Gasteiger partial charge < -0.3 is 4.90 Å². The van der Waals surface area contributed by atoms with E-state index >= 15 is 0 Å². The van der Waals surface area contributed by atoms with Gasteiger partial charge in [-0.2, -0.15) is 0 Å². The lowest BCUT2D eigenvalue weighted by Crippen LogP contribution is -2.50. The van der Waals surface area contributed by atoms with Gasteiger partial charge >= 0.3 is 0 Å². The van der Waals surface area contributed by atoms with Crippen molar-refractivity contribution in [3.63, 3.8) is 0 Å². The fraction of sp³-hybridized carbons (Fsp3) is 0.296. The molecule has 1 aliphatic rings. The van der Waals surface area contributed by atoms with E-state index in [2.05, 4.69) is 96.8 Å². The minimum atomic E-state index is 0.232. The van der Waals surface area contributed by atoms with Gasteiger partial charge in [-0.05, 0) is 23.6 Å². The van der Waals surface area contributed by atoms with Gasteiger partial charge in [-0.15, -0.1) is 11.8 Å². The smallest absolute Gasteiger partial charge is 0.232 e. The van der Waals surface area contributed by atoms with Gasteiger partial charge in [0.15, 0.2) is 0 Å². The summed E-state index contributed by atoms with van der Waals surface area (Å²) in [6.45, 7) is 5.46. The Kier molecular flexibility index (Phi) is 7.44. The SMILES string of the molecule is Cc1ccc(CSCC(=O)N2CCN(C(c3ccccc3)c3ccccc3)CC2)cc1. The van der Waals surface area contributed by atoms with Crippen LogP contribution in [0.4, 0.5) is 0 Å². The van der Waals surface area contributed by atoms with Gasteiger partial charge in [0.25, 0.3) is 0 Å². The molecule has 1 fully saturated rings. The topological polar surface area (TPSA) is 23.6 Å². The molecule has 0 unspecified atom stereocenters. The number of benzene rings is 3. The third kappa shape index (κ3) is 5.78. The molecule has 1 amide bonds. The third-order valence-corrected chi connectivity index (χ3v) is 6.87. The van der Waals surface area contributed by atoms with Crippen LogP contribution in [0.3, 0.4) is 0 Å². The van der Waals surface area contributed by atoms with Gasteiger partial charge in [-0.25, -0.2) is 0 Å². The molecule has 1 aliphatic heterocycles. The minimum absolute atomic E-state index is 0.232. The Morgan fingerprint density at radius 1 is 0.806 bits per heavy atom. The quantitative estimate of drug-likeness (QED) is 0.517. The number of carbonyl (C=O) groups is 1. The first-order valence-electron chi connectivity index (χ1n) is 11.0. The van der Waals surface area contributed by atoms with Crippen molar-refractivity contribution < 1.29 is 4.79 Å². The molecule has 0 N–H and O–H groups in total. The maximum Gasteiger partial charge on any atom is 0.232 e. The molecular formula is C27H30N2OS. The van der Waals surface area contributed by atoms with E-state index in [0.29, 0.717) is 5.75 Å². The van der Waals surface area contributed by atoms with Gasteiger partial charge in [0, 0.05) is 31.9 Å². The fourth-order valence-electron chi connectivity index (χ4n) is 4.15. The van der Waals surface area contributed by atoms with Crippen LogP contribution in [-0.2, 0) is 10.5 Å². The third-order valence-electron chi connectivity index (χ3n) is 5.88. The predicted octanol–water partition coefficient (Wildman–Crippen LogP) is 5.16. The molecule has 0 atom stereocenters. The summed E-state index contributed by atoms with van der Waals surface area (Å²) in [7, 11) is 0. The highest BCUT2D eigenvalue weighted by Crippen LogP contribution is 2.29. The summed E-state index contributed by atoms with van der Waals surface area (Å²) in [5.41, 5.74) is 5.16. The van der Waals surface area contributed by atoms with Crippen molar-refractivity contribution in [3.8, 4) is 0 Å².